The molecule has 0 aromatic heterocycles. The molecule has 7 rings (SSSR count). The number of hydrazone groups is 1. The van der Waals surface area contributed by atoms with Gasteiger partial charge in [-0.05, 0) is 63.8 Å². The number of allylic oxidation sites excluding steroid dienone is 8. The number of hydrogen-bond acceptors (Lipinski definition) is 3. The average molecular weight is 589 g/mol. The van der Waals surface area contributed by atoms with E-state index in [1.54, 1.807) is 0 Å². The molecule has 0 unspecified atom stereocenters. The predicted molar refractivity (Wildman–Crippen MR) is 188 cm³/mol. The maximum atomic E-state index is 5.21. The highest BCUT2D eigenvalue weighted by Gasteiger charge is 2.36. The van der Waals surface area contributed by atoms with Crippen molar-refractivity contribution in [3.05, 3.63) is 185 Å². The van der Waals surface area contributed by atoms with Crippen molar-refractivity contribution >= 4 is 38.7 Å². The van der Waals surface area contributed by atoms with E-state index in [0.29, 0.717) is 0 Å². The van der Waals surface area contributed by atoms with Gasteiger partial charge in [0.15, 0.2) is 0 Å². The van der Waals surface area contributed by atoms with Crippen LogP contribution in [0.3, 0.4) is 0 Å². The van der Waals surface area contributed by atoms with E-state index >= 15 is 0 Å². The highest BCUT2D eigenvalue weighted by Crippen LogP contribution is 2.44. The molecule has 4 aromatic rings. The van der Waals surface area contributed by atoms with Gasteiger partial charge in [-0.3, -0.25) is 0 Å². The molecule has 0 N–H and O–H groups in total. The molecule has 4 heteroatoms. The molecule has 0 spiro atoms. The monoisotopic (exact) mass is 588 g/mol. The summed E-state index contributed by atoms with van der Waals surface area (Å²) in [5.41, 5.74) is 10.7. The lowest BCUT2D eigenvalue weighted by Gasteiger charge is -2.18. The van der Waals surface area contributed by atoms with Crippen molar-refractivity contribution in [3.8, 4) is 0 Å². The summed E-state index contributed by atoms with van der Waals surface area (Å²) in [6, 6.07) is 40.9. The van der Waals surface area contributed by atoms with Crippen LogP contribution < -0.4 is 4.90 Å². The van der Waals surface area contributed by atoms with Gasteiger partial charge in [-0.25, -0.2) is 0 Å². The van der Waals surface area contributed by atoms with Gasteiger partial charge in [0.05, 0.1) is 6.42 Å². The Bertz CT molecular complexity index is 1810. The molecule has 0 amide bonds. The summed E-state index contributed by atoms with van der Waals surface area (Å²) in [7, 11) is 4.14. The second-order valence-electron chi connectivity index (χ2n) is 11.3. The van der Waals surface area contributed by atoms with Gasteiger partial charge in [0, 0.05) is 52.9 Å². The van der Waals surface area contributed by atoms with Crippen molar-refractivity contribution in [1.29, 1.82) is 0 Å². The van der Waals surface area contributed by atoms with Crippen LogP contribution in [0.25, 0.3) is 9.81 Å². The first kappa shape index (κ1) is 27.9. The van der Waals surface area contributed by atoms with E-state index in [1.807, 2.05) is 11.8 Å². The second kappa shape index (κ2) is 12.4. The highest BCUT2D eigenvalue weighted by molar-refractivity contribution is 8.16. The van der Waals surface area contributed by atoms with Crippen molar-refractivity contribution in [2.24, 2.45) is 5.10 Å². The van der Waals surface area contributed by atoms with E-state index < -0.39 is 0 Å². The third-order valence-corrected chi connectivity index (χ3v) is 9.33. The first-order valence-electron chi connectivity index (χ1n) is 15.0. The SMILES string of the molecule is CN(C)c1ccc(C2=N[N+](=C3C=CC(=C4C=C(c5ccccc5)SC(c5ccccc5)=C4)C=C3)[C@@H](c3ccccc3)C2)cc1. The predicted octanol–water partition coefficient (Wildman–Crippen LogP) is 9.31. The lowest BCUT2D eigenvalue weighted by Crippen LogP contribution is -2.17. The van der Waals surface area contributed by atoms with Crippen molar-refractivity contribution in [2.75, 3.05) is 19.0 Å². The van der Waals surface area contributed by atoms with E-state index in [1.165, 1.54) is 48.9 Å². The van der Waals surface area contributed by atoms with E-state index in [4.69, 9.17) is 5.10 Å². The molecule has 3 nitrogen and oxygen atoms in total. The fourth-order valence-corrected chi connectivity index (χ4v) is 6.89. The van der Waals surface area contributed by atoms with Crippen LogP contribution in [-0.2, 0) is 0 Å². The molecule has 0 bridgehead atoms. The molecule has 1 aliphatic carbocycles. The van der Waals surface area contributed by atoms with Crippen molar-refractivity contribution in [1.82, 2.24) is 0 Å². The van der Waals surface area contributed by atoms with Crippen molar-refractivity contribution in [3.63, 3.8) is 0 Å². The topological polar surface area (TPSA) is 18.6 Å². The summed E-state index contributed by atoms with van der Waals surface area (Å²) < 4.78 is 2.20. The highest BCUT2D eigenvalue weighted by atomic mass is 32.2. The number of thioether (sulfide) groups is 1. The Morgan fingerprint density at radius 1 is 0.614 bits per heavy atom. The first-order chi connectivity index (χ1) is 21.6. The normalized spacial score (nSPS) is 17.9. The minimum absolute atomic E-state index is 0.137. The van der Waals surface area contributed by atoms with Gasteiger partial charge in [-0.15, -0.1) is 0 Å². The number of rotatable bonds is 5. The van der Waals surface area contributed by atoms with Crippen LogP contribution in [0.2, 0.25) is 0 Å². The van der Waals surface area contributed by atoms with Gasteiger partial charge < -0.3 is 4.90 Å². The molecular weight excluding hydrogens is 555 g/mol. The maximum absolute atomic E-state index is 5.21. The third kappa shape index (κ3) is 5.82. The molecule has 1 atom stereocenters. The lowest BCUT2D eigenvalue weighted by molar-refractivity contribution is -0.566. The van der Waals surface area contributed by atoms with E-state index in [9.17, 15) is 0 Å². The van der Waals surface area contributed by atoms with Crippen LogP contribution in [0.5, 0.6) is 0 Å². The zero-order chi connectivity index (χ0) is 29.9. The number of anilines is 1. The summed E-state index contributed by atoms with van der Waals surface area (Å²) >= 11 is 1.83. The minimum atomic E-state index is 0.137. The summed E-state index contributed by atoms with van der Waals surface area (Å²) in [4.78, 5) is 4.63. The molecule has 0 saturated heterocycles. The summed E-state index contributed by atoms with van der Waals surface area (Å²) in [5.74, 6) is 0. The molecule has 214 valence electrons. The fourth-order valence-electron chi connectivity index (χ4n) is 5.77. The second-order valence-corrected chi connectivity index (χ2v) is 12.4. The van der Waals surface area contributed by atoms with Gasteiger partial charge >= 0.3 is 0 Å². The number of nitrogens with zero attached hydrogens (tertiary/aromatic N) is 3. The third-order valence-electron chi connectivity index (χ3n) is 8.19. The summed E-state index contributed by atoms with van der Waals surface area (Å²) in [6.45, 7) is 0. The number of benzene rings is 4. The smallest absolute Gasteiger partial charge is 0.232 e. The summed E-state index contributed by atoms with van der Waals surface area (Å²) in [6.07, 6.45) is 14.4. The Balaban J connectivity index is 1.28. The van der Waals surface area contributed by atoms with Gasteiger partial charge in [0.2, 0.25) is 11.8 Å². The molecule has 4 aromatic carbocycles. The standard InChI is InChI=1S/C40H34N3S/c1-42(2)35-22-20-30(21-23-35)37-28-38(31-12-6-3-7-13-31)43(41-37)36-24-18-29(19-25-36)34-26-39(32-14-8-4-9-15-32)44-40(27-34)33-16-10-5-11-17-33/h3-27,38H,28H2,1-2H3/q+1/t38-/m1/s1. The minimum Gasteiger partial charge on any atom is -0.378 e. The lowest BCUT2D eigenvalue weighted by atomic mass is 9.97. The molecule has 3 aliphatic rings. The zero-order valence-electron chi connectivity index (χ0n) is 25.0. The Morgan fingerprint density at radius 3 is 1.70 bits per heavy atom. The first-order valence-corrected chi connectivity index (χ1v) is 15.8. The molecule has 2 aliphatic heterocycles. The molecule has 2 heterocycles. The van der Waals surface area contributed by atoms with Gasteiger partial charge in [-0.2, -0.15) is 0 Å². The number of hydrogen-bond donors (Lipinski definition) is 0. The largest absolute Gasteiger partial charge is 0.378 e. The van der Waals surface area contributed by atoms with Crippen LogP contribution in [0.4, 0.5) is 5.69 Å². The Kier molecular flexibility index (Phi) is 7.83. The molecule has 44 heavy (non-hydrogen) atoms. The Hall–Kier alpha value is -4.93. The van der Waals surface area contributed by atoms with Gasteiger partial charge in [0.1, 0.15) is 5.71 Å². The maximum Gasteiger partial charge on any atom is 0.232 e. The van der Waals surface area contributed by atoms with Gasteiger partial charge in [0.25, 0.3) is 0 Å². The van der Waals surface area contributed by atoms with E-state index in [0.717, 1.165) is 17.8 Å². The van der Waals surface area contributed by atoms with E-state index in [-0.39, 0.29) is 6.04 Å². The van der Waals surface area contributed by atoms with E-state index in [2.05, 4.69) is 175 Å². The fraction of sp³-hybridized carbons (Fsp3) is 0.100. The summed E-state index contributed by atoms with van der Waals surface area (Å²) in [5, 5.41) is 5.21. The molecule has 0 fully saturated rings. The Morgan fingerprint density at radius 2 is 1.16 bits per heavy atom. The van der Waals surface area contributed by atoms with Crippen LogP contribution in [-0.4, -0.2) is 30.2 Å². The quantitative estimate of drug-likeness (QED) is 0.216. The van der Waals surface area contributed by atoms with Crippen LogP contribution >= 0.6 is 11.8 Å². The molecular formula is C40H34N3S+. The molecule has 0 saturated carbocycles. The van der Waals surface area contributed by atoms with Crippen molar-refractivity contribution < 1.29 is 4.68 Å². The van der Waals surface area contributed by atoms with Crippen LogP contribution in [0, 0.1) is 0 Å². The van der Waals surface area contributed by atoms with Crippen LogP contribution in [0.1, 0.15) is 34.7 Å². The van der Waals surface area contributed by atoms with Gasteiger partial charge in [-0.1, -0.05) is 120 Å². The molecule has 0 radical (unpaired) electrons. The van der Waals surface area contributed by atoms with Crippen LogP contribution in [0.15, 0.2) is 168 Å². The zero-order valence-corrected chi connectivity index (χ0v) is 25.8. The average Bonchev–Trinajstić information content (AvgIpc) is 3.55. The van der Waals surface area contributed by atoms with Crippen molar-refractivity contribution in [2.45, 2.75) is 12.5 Å². The Labute approximate surface area is 264 Å².